The Hall–Kier alpha value is -2.14. The van der Waals surface area contributed by atoms with Gasteiger partial charge in [0.05, 0.1) is 6.42 Å². The molecule has 30 heavy (non-hydrogen) atoms. The van der Waals surface area contributed by atoms with E-state index in [0.717, 1.165) is 46.8 Å². The standard InChI is InChI=1S/C25H31BrN2O2/c1-18-8-6-7-9-21(18)16-24(29)28(17-20-12-14-22(26)15-13-20)19(2)25(30)27-23-10-4-3-5-11-23/h6-9,12-15,19,23H,3-5,10-11,16-17H2,1-2H3,(H,27,30)/t19-/m0/s1. The third-order valence-corrected chi connectivity index (χ3v) is 6.52. The third-order valence-electron chi connectivity index (χ3n) is 5.99. The number of amides is 2. The molecule has 2 aromatic rings. The number of rotatable bonds is 7. The molecule has 1 aliphatic carbocycles. The quantitative estimate of drug-likeness (QED) is 0.606. The van der Waals surface area contributed by atoms with Gasteiger partial charge in [-0.05, 0) is 55.5 Å². The SMILES string of the molecule is Cc1ccccc1CC(=O)N(Cc1ccc(Br)cc1)[C@@H](C)C(=O)NC1CCCCC1. The molecule has 0 radical (unpaired) electrons. The first-order chi connectivity index (χ1) is 14.4. The zero-order chi connectivity index (χ0) is 21.5. The van der Waals surface area contributed by atoms with Crippen LogP contribution in [-0.4, -0.2) is 28.8 Å². The molecule has 0 heterocycles. The normalized spacial score (nSPS) is 15.4. The van der Waals surface area contributed by atoms with E-state index in [1.807, 2.05) is 62.4 Å². The second-order valence-corrected chi connectivity index (χ2v) is 9.19. The zero-order valence-corrected chi connectivity index (χ0v) is 19.5. The van der Waals surface area contributed by atoms with E-state index in [4.69, 9.17) is 0 Å². The van der Waals surface area contributed by atoms with Crippen LogP contribution in [0.4, 0.5) is 0 Å². The van der Waals surface area contributed by atoms with Gasteiger partial charge in [-0.2, -0.15) is 0 Å². The van der Waals surface area contributed by atoms with Gasteiger partial charge < -0.3 is 10.2 Å². The molecular formula is C25H31BrN2O2. The lowest BCUT2D eigenvalue weighted by Gasteiger charge is -2.31. The molecule has 1 N–H and O–H groups in total. The van der Waals surface area contributed by atoms with Crippen molar-refractivity contribution in [2.24, 2.45) is 0 Å². The van der Waals surface area contributed by atoms with Gasteiger partial charge in [0.1, 0.15) is 6.04 Å². The van der Waals surface area contributed by atoms with Crippen molar-refractivity contribution in [3.8, 4) is 0 Å². The van der Waals surface area contributed by atoms with Crippen molar-refractivity contribution in [1.82, 2.24) is 10.2 Å². The van der Waals surface area contributed by atoms with Gasteiger partial charge in [-0.15, -0.1) is 0 Å². The molecule has 1 fully saturated rings. The summed E-state index contributed by atoms with van der Waals surface area (Å²) in [6.45, 7) is 4.27. The molecule has 5 heteroatoms. The summed E-state index contributed by atoms with van der Waals surface area (Å²) in [5.41, 5.74) is 3.10. The van der Waals surface area contributed by atoms with Crippen LogP contribution < -0.4 is 5.32 Å². The Morgan fingerprint density at radius 3 is 2.40 bits per heavy atom. The van der Waals surface area contributed by atoms with Crippen molar-refractivity contribution in [2.75, 3.05) is 0 Å². The Bertz CT molecular complexity index is 860. The highest BCUT2D eigenvalue weighted by Gasteiger charge is 2.28. The highest BCUT2D eigenvalue weighted by molar-refractivity contribution is 9.10. The van der Waals surface area contributed by atoms with Gasteiger partial charge in [-0.1, -0.05) is 71.6 Å². The lowest BCUT2D eigenvalue weighted by molar-refractivity contribution is -0.140. The molecule has 3 rings (SSSR count). The summed E-state index contributed by atoms with van der Waals surface area (Å²) in [4.78, 5) is 28.0. The van der Waals surface area contributed by atoms with Gasteiger partial charge in [0.25, 0.3) is 0 Å². The van der Waals surface area contributed by atoms with Gasteiger partial charge >= 0.3 is 0 Å². The summed E-state index contributed by atoms with van der Waals surface area (Å²) in [6.07, 6.45) is 5.92. The third kappa shape index (κ3) is 6.18. The van der Waals surface area contributed by atoms with Crippen LogP contribution in [0.1, 0.15) is 55.7 Å². The van der Waals surface area contributed by atoms with Gasteiger partial charge in [0, 0.05) is 17.1 Å². The largest absolute Gasteiger partial charge is 0.352 e. The predicted octanol–water partition coefficient (Wildman–Crippen LogP) is 5.17. The molecule has 0 saturated heterocycles. The van der Waals surface area contributed by atoms with E-state index in [1.165, 1.54) is 6.42 Å². The maximum Gasteiger partial charge on any atom is 0.242 e. The van der Waals surface area contributed by atoms with Crippen molar-refractivity contribution in [3.63, 3.8) is 0 Å². The monoisotopic (exact) mass is 470 g/mol. The van der Waals surface area contributed by atoms with Crippen LogP contribution in [0.25, 0.3) is 0 Å². The van der Waals surface area contributed by atoms with Gasteiger partial charge in [0.15, 0.2) is 0 Å². The Balaban J connectivity index is 1.76. The lowest BCUT2D eigenvalue weighted by atomic mass is 9.95. The summed E-state index contributed by atoms with van der Waals surface area (Å²) in [5, 5.41) is 3.18. The number of halogens is 1. The molecule has 160 valence electrons. The molecule has 0 unspecified atom stereocenters. The highest BCUT2D eigenvalue weighted by atomic mass is 79.9. The zero-order valence-electron chi connectivity index (χ0n) is 17.9. The van der Waals surface area contributed by atoms with Crippen molar-refractivity contribution in [2.45, 2.75) is 71.0 Å². The van der Waals surface area contributed by atoms with E-state index in [2.05, 4.69) is 21.2 Å². The van der Waals surface area contributed by atoms with Gasteiger partial charge in [-0.25, -0.2) is 0 Å². The first-order valence-electron chi connectivity index (χ1n) is 10.8. The Kier molecular flexibility index (Phi) is 8.08. The molecule has 0 aromatic heterocycles. The summed E-state index contributed by atoms with van der Waals surface area (Å²) in [6, 6.07) is 15.5. The molecule has 2 aromatic carbocycles. The van der Waals surface area contributed by atoms with E-state index >= 15 is 0 Å². The molecule has 4 nitrogen and oxygen atoms in total. The second kappa shape index (κ2) is 10.8. The van der Waals surface area contributed by atoms with Crippen LogP contribution in [0.5, 0.6) is 0 Å². The minimum atomic E-state index is -0.521. The van der Waals surface area contributed by atoms with Crippen LogP contribution in [0.3, 0.4) is 0 Å². The van der Waals surface area contributed by atoms with E-state index in [0.29, 0.717) is 13.0 Å². The number of carbonyl (C=O) groups is 2. The average Bonchev–Trinajstić information content (AvgIpc) is 2.75. The maximum absolute atomic E-state index is 13.3. The van der Waals surface area contributed by atoms with Crippen LogP contribution >= 0.6 is 15.9 Å². The minimum absolute atomic E-state index is 0.0292. The molecule has 1 atom stereocenters. The smallest absolute Gasteiger partial charge is 0.242 e. The fourth-order valence-corrected chi connectivity index (χ4v) is 4.28. The van der Waals surface area contributed by atoms with E-state index in [-0.39, 0.29) is 17.9 Å². The number of carbonyl (C=O) groups excluding carboxylic acids is 2. The van der Waals surface area contributed by atoms with E-state index in [1.54, 1.807) is 4.90 Å². The number of nitrogens with zero attached hydrogens (tertiary/aromatic N) is 1. The summed E-state index contributed by atoms with van der Waals surface area (Å²) in [7, 11) is 0. The Morgan fingerprint density at radius 1 is 1.07 bits per heavy atom. The highest BCUT2D eigenvalue weighted by Crippen LogP contribution is 2.19. The van der Waals surface area contributed by atoms with Gasteiger partial charge in [0.2, 0.25) is 11.8 Å². The maximum atomic E-state index is 13.3. The molecule has 2 amide bonds. The molecule has 1 aliphatic rings. The fraction of sp³-hybridized carbons (Fsp3) is 0.440. The number of hydrogen-bond donors (Lipinski definition) is 1. The topological polar surface area (TPSA) is 49.4 Å². The molecule has 0 spiro atoms. The van der Waals surface area contributed by atoms with Crippen molar-refractivity contribution in [3.05, 3.63) is 69.7 Å². The fourth-order valence-electron chi connectivity index (χ4n) is 4.01. The molecule has 0 aliphatic heterocycles. The molecule has 1 saturated carbocycles. The van der Waals surface area contributed by atoms with Gasteiger partial charge in [-0.3, -0.25) is 9.59 Å². The minimum Gasteiger partial charge on any atom is -0.352 e. The second-order valence-electron chi connectivity index (χ2n) is 8.27. The Labute approximate surface area is 188 Å². The van der Waals surface area contributed by atoms with Crippen molar-refractivity contribution >= 4 is 27.7 Å². The average molecular weight is 471 g/mol. The number of benzene rings is 2. The lowest BCUT2D eigenvalue weighted by Crippen LogP contribution is -2.50. The molecular weight excluding hydrogens is 440 g/mol. The summed E-state index contributed by atoms with van der Waals surface area (Å²) in [5.74, 6) is -0.0874. The summed E-state index contributed by atoms with van der Waals surface area (Å²) < 4.78 is 0.993. The molecule has 0 bridgehead atoms. The first-order valence-corrected chi connectivity index (χ1v) is 11.6. The van der Waals surface area contributed by atoms with Crippen molar-refractivity contribution < 1.29 is 9.59 Å². The van der Waals surface area contributed by atoms with Crippen LogP contribution in [0.15, 0.2) is 53.0 Å². The number of aryl methyl sites for hydroxylation is 1. The first kappa shape index (κ1) is 22.5. The van der Waals surface area contributed by atoms with Crippen molar-refractivity contribution in [1.29, 1.82) is 0 Å². The van der Waals surface area contributed by atoms with Crippen LogP contribution in [0.2, 0.25) is 0 Å². The summed E-state index contributed by atoms with van der Waals surface area (Å²) >= 11 is 3.46. The predicted molar refractivity (Wildman–Crippen MR) is 124 cm³/mol. The van der Waals surface area contributed by atoms with Crippen LogP contribution in [-0.2, 0) is 22.6 Å². The number of hydrogen-bond acceptors (Lipinski definition) is 2. The Morgan fingerprint density at radius 2 is 1.73 bits per heavy atom. The van der Waals surface area contributed by atoms with E-state index in [9.17, 15) is 9.59 Å². The van der Waals surface area contributed by atoms with Crippen LogP contribution in [0, 0.1) is 6.92 Å². The number of nitrogens with one attached hydrogen (secondary N) is 1. The van der Waals surface area contributed by atoms with E-state index < -0.39 is 6.04 Å².